The number of rotatable bonds is 9. The van der Waals surface area contributed by atoms with Crippen LogP contribution < -0.4 is 5.32 Å². The van der Waals surface area contributed by atoms with Gasteiger partial charge in [-0.3, -0.25) is 24.5 Å². The number of carbonyl (C=O) groups excluding carboxylic acids is 2. The number of allylic oxidation sites excluding steroid dienone is 1. The first-order valence-corrected chi connectivity index (χ1v) is 16.4. The van der Waals surface area contributed by atoms with E-state index >= 15 is 0 Å². The molecule has 10 nitrogen and oxygen atoms in total. The molecule has 1 saturated carbocycles. The molecule has 3 atom stereocenters. The van der Waals surface area contributed by atoms with Crippen molar-refractivity contribution in [2.24, 2.45) is 11.8 Å². The number of pyridine rings is 2. The van der Waals surface area contributed by atoms with Gasteiger partial charge in [0.1, 0.15) is 11.4 Å². The average Bonchev–Trinajstić information content (AvgIpc) is 3.41. The standard InChI is InChI=1S/C35H30N6O4S/c36-21-26-6-8-27(9-7-26)31(42)18-32-39-35(19-24-10-14-37-15-11-24,20-25-12-16-38-17-13-25)34(43)41(32)33-29-22-40(23-30(29)33)46(44,45)28-4-2-1-3-5-28/h1-18,29-30,33,39H,19-20,22-23H2/b32-18+/t29-,30+,33+. The molecule has 1 N–H and O–H groups in total. The summed E-state index contributed by atoms with van der Waals surface area (Å²) in [6.45, 7) is 0.573. The number of aromatic nitrogens is 2. The van der Waals surface area contributed by atoms with Crippen LogP contribution in [-0.4, -0.2) is 64.0 Å². The molecular formula is C35H30N6O4S. The van der Waals surface area contributed by atoms with Crippen molar-refractivity contribution in [1.82, 2.24) is 24.5 Å². The SMILES string of the molecule is N#Cc1ccc(C(=O)/C=C2\NC(Cc3ccncc3)(Cc3ccncc3)C(=O)N2[C@H]2[C@@H]3CN(S(=O)(=O)c4ccccc4)C[C@@H]32)cc1. The van der Waals surface area contributed by atoms with Gasteiger partial charge >= 0.3 is 0 Å². The Hall–Kier alpha value is -5.18. The highest BCUT2D eigenvalue weighted by Gasteiger charge is 2.65. The highest BCUT2D eigenvalue weighted by atomic mass is 32.2. The molecule has 2 aromatic carbocycles. The van der Waals surface area contributed by atoms with Crippen LogP contribution in [0.3, 0.4) is 0 Å². The third-order valence-electron chi connectivity index (χ3n) is 9.13. The van der Waals surface area contributed by atoms with Crippen LogP contribution in [-0.2, 0) is 27.7 Å². The van der Waals surface area contributed by atoms with Crippen LogP contribution in [0.5, 0.6) is 0 Å². The maximum absolute atomic E-state index is 14.8. The van der Waals surface area contributed by atoms with E-state index in [1.165, 1.54) is 10.4 Å². The minimum atomic E-state index is -3.67. The van der Waals surface area contributed by atoms with E-state index in [1.54, 1.807) is 84.3 Å². The van der Waals surface area contributed by atoms with Crippen LogP contribution in [0.25, 0.3) is 0 Å². The summed E-state index contributed by atoms with van der Waals surface area (Å²) in [5.74, 6) is -0.241. The monoisotopic (exact) mass is 630 g/mol. The third-order valence-corrected chi connectivity index (χ3v) is 11.0. The number of ketones is 1. The molecule has 46 heavy (non-hydrogen) atoms. The Balaban J connectivity index is 1.24. The van der Waals surface area contributed by atoms with Gasteiger partial charge in [-0.25, -0.2) is 8.42 Å². The fourth-order valence-electron chi connectivity index (χ4n) is 6.79. The van der Waals surface area contributed by atoms with E-state index in [9.17, 15) is 23.3 Å². The zero-order valence-electron chi connectivity index (χ0n) is 24.7. The van der Waals surface area contributed by atoms with Gasteiger partial charge in [0.2, 0.25) is 10.0 Å². The van der Waals surface area contributed by atoms with Crippen molar-refractivity contribution < 1.29 is 18.0 Å². The molecule has 1 amide bonds. The number of nitrogens with one attached hydrogen (secondary N) is 1. The first-order chi connectivity index (χ1) is 22.3. The van der Waals surface area contributed by atoms with Gasteiger partial charge < -0.3 is 5.32 Å². The highest BCUT2D eigenvalue weighted by Crippen LogP contribution is 2.53. The fourth-order valence-corrected chi connectivity index (χ4v) is 8.33. The second-order valence-corrected chi connectivity index (χ2v) is 13.9. The van der Waals surface area contributed by atoms with Gasteiger partial charge in [-0.2, -0.15) is 9.57 Å². The second kappa shape index (κ2) is 11.6. The summed E-state index contributed by atoms with van der Waals surface area (Å²) in [5, 5.41) is 12.7. The molecule has 230 valence electrons. The lowest BCUT2D eigenvalue weighted by atomic mass is 9.85. The average molecular weight is 631 g/mol. The Morgan fingerprint density at radius 1 is 0.891 bits per heavy atom. The molecule has 2 aliphatic heterocycles. The third kappa shape index (κ3) is 5.36. The lowest BCUT2D eigenvalue weighted by molar-refractivity contribution is -0.132. The van der Waals surface area contributed by atoms with Gasteiger partial charge in [0, 0.05) is 80.2 Å². The Morgan fingerprint density at radius 2 is 1.46 bits per heavy atom. The minimum Gasteiger partial charge on any atom is -0.357 e. The van der Waals surface area contributed by atoms with Crippen LogP contribution in [0.2, 0.25) is 0 Å². The van der Waals surface area contributed by atoms with Gasteiger partial charge in [0.25, 0.3) is 5.91 Å². The fraction of sp³-hybridized carbons (Fsp3) is 0.229. The minimum absolute atomic E-state index is 0.0738. The summed E-state index contributed by atoms with van der Waals surface area (Å²) in [5.41, 5.74) is 1.51. The molecule has 0 bridgehead atoms. The normalized spacial score (nSPS) is 22.7. The molecule has 0 radical (unpaired) electrons. The molecule has 3 fully saturated rings. The highest BCUT2D eigenvalue weighted by molar-refractivity contribution is 7.89. The summed E-state index contributed by atoms with van der Waals surface area (Å²) < 4.78 is 28.2. The van der Waals surface area contributed by atoms with Crippen molar-refractivity contribution >= 4 is 21.7 Å². The molecular weight excluding hydrogens is 600 g/mol. The van der Waals surface area contributed by atoms with E-state index < -0.39 is 15.6 Å². The van der Waals surface area contributed by atoms with Crippen LogP contribution in [0.4, 0.5) is 0 Å². The number of amides is 1. The van der Waals surface area contributed by atoms with Gasteiger partial charge in [-0.05, 0) is 71.8 Å². The lowest BCUT2D eigenvalue weighted by Gasteiger charge is -2.28. The molecule has 2 saturated heterocycles. The zero-order valence-corrected chi connectivity index (χ0v) is 25.5. The molecule has 0 unspecified atom stereocenters. The summed E-state index contributed by atoms with van der Waals surface area (Å²) in [7, 11) is -3.67. The predicted octanol–water partition coefficient (Wildman–Crippen LogP) is 3.35. The zero-order chi connectivity index (χ0) is 31.9. The van der Waals surface area contributed by atoms with Crippen LogP contribution in [0.1, 0.15) is 27.0 Å². The Morgan fingerprint density at radius 3 is 2.00 bits per heavy atom. The first kappa shape index (κ1) is 29.5. The number of hydrogen-bond acceptors (Lipinski definition) is 8. The molecule has 1 aliphatic carbocycles. The number of sulfonamides is 1. The number of piperidine rings is 1. The van der Waals surface area contributed by atoms with E-state index in [0.29, 0.717) is 29.8 Å². The first-order valence-electron chi connectivity index (χ1n) is 15.0. The summed E-state index contributed by atoms with van der Waals surface area (Å²) >= 11 is 0. The van der Waals surface area contributed by atoms with Crippen LogP contribution in [0.15, 0.2) is 120 Å². The quantitative estimate of drug-likeness (QED) is 0.220. The summed E-state index contributed by atoms with van der Waals surface area (Å²) in [6, 6.07) is 24.0. The predicted molar refractivity (Wildman–Crippen MR) is 168 cm³/mol. The maximum atomic E-state index is 14.8. The van der Waals surface area contributed by atoms with Crippen molar-refractivity contribution in [1.29, 1.82) is 5.26 Å². The Bertz CT molecular complexity index is 1910. The maximum Gasteiger partial charge on any atom is 0.254 e. The topological polar surface area (TPSA) is 136 Å². The van der Waals surface area contributed by atoms with Crippen molar-refractivity contribution in [3.8, 4) is 6.07 Å². The van der Waals surface area contributed by atoms with Crippen molar-refractivity contribution in [2.45, 2.75) is 29.3 Å². The van der Waals surface area contributed by atoms with Crippen LogP contribution >= 0.6 is 0 Å². The molecule has 2 aromatic heterocycles. The van der Waals surface area contributed by atoms with E-state index in [2.05, 4.69) is 21.4 Å². The van der Waals surface area contributed by atoms with E-state index in [4.69, 9.17) is 0 Å². The Kier molecular flexibility index (Phi) is 7.47. The molecule has 3 aliphatic rings. The lowest BCUT2D eigenvalue weighted by Crippen LogP contribution is -2.51. The second-order valence-electron chi connectivity index (χ2n) is 12.0. The number of carbonyl (C=O) groups is 2. The Labute approximate surface area is 267 Å². The van der Waals surface area contributed by atoms with Gasteiger partial charge in [0.05, 0.1) is 16.5 Å². The number of nitriles is 1. The molecule has 7 rings (SSSR count). The number of hydrogen-bond donors (Lipinski definition) is 1. The van der Waals surface area contributed by atoms with Gasteiger partial charge in [-0.15, -0.1) is 0 Å². The van der Waals surface area contributed by atoms with Crippen molar-refractivity contribution in [3.05, 3.63) is 138 Å². The van der Waals surface area contributed by atoms with Gasteiger partial charge in [-0.1, -0.05) is 18.2 Å². The van der Waals surface area contributed by atoms with Crippen molar-refractivity contribution in [3.63, 3.8) is 0 Å². The van der Waals surface area contributed by atoms with Gasteiger partial charge in [0.15, 0.2) is 5.78 Å². The summed E-state index contributed by atoms with van der Waals surface area (Å²) in [4.78, 5) is 38.6. The van der Waals surface area contributed by atoms with E-state index in [0.717, 1.165) is 11.1 Å². The van der Waals surface area contributed by atoms with E-state index in [-0.39, 0.29) is 47.6 Å². The number of fused-ring (bicyclic) bond motifs is 1. The van der Waals surface area contributed by atoms with Crippen molar-refractivity contribution in [2.75, 3.05) is 13.1 Å². The molecule has 4 heterocycles. The number of benzene rings is 2. The largest absolute Gasteiger partial charge is 0.357 e. The molecule has 0 spiro atoms. The molecule has 4 aromatic rings. The van der Waals surface area contributed by atoms with E-state index in [1.807, 2.05) is 24.3 Å². The molecule has 11 heteroatoms. The number of nitrogens with zero attached hydrogens (tertiary/aromatic N) is 5. The van der Waals surface area contributed by atoms with Crippen LogP contribution in [0, 0.1) is 23.2 Å². The smallest absolute Gasteiger partial charge is 0.254 e. The summed E-state index contributed by atoms with van der Waals surface area (Å²) in [6.07, 6.45) is 8.87.